The first kappa shape index (κ1) is 29.4. The summed E-state index contributed by atoms with van der Waals surface area (Å²) in [5.41, 5.74) is 8.33. The van der Waals surface area contributed by atoms with Gasteiger partial charge in [0, 0.05) is 29.2 Å². The van der Waals surface area contributed by atoms with Crippen molar-refractivity contribution in [2.45, 2.75) is 52.4 Å². The molecule has 0 aliphatic carbocycles. The fourth-order valence-corrected chi connectivity index (χ4v) is 4.36. The molecule has 0 aromatic heterocycles. The van der Waals surface area contributed by atoms with E-state index in [1.807, 2.05) is 0 Å². The predicted octanol–water partition coefficient (Wildman–Crippen LogP) is 7.88. The quantitative estimate of drug-likeness (QED) is 0.115. The van der Waals surface area contributed by atoms with Gasteiger partial charge in [0.05, 0.1) is 13.2 Å². The molecule has 0 saturated heterocycles. The fraction of sp³-hybridized carbons (Fsp3) is 0.294. The molecule has 5 nitrogen and oxygen atoms in total. The number of nitrogens with zero attached hydrogens (tertiary/aromatic N) is 1. The number of carbonyl (C=O) groups excluding carboxylic acids is 2. The molecule has 0 bridgehead atoms. The second kappa shape index (κ2) is 15.3. The number of benzene rings is 3. The van der Waals surface area contributed by atoms with Gasteiger partial charge in [-0.15, -0.1) is 0 Å². The first-order valence-corrected chi connectivity index (χ1v) is 13.6. The molecule has 0 amide bonds. The van der Waals surface area contributed by atoms with E-state index in [0.717, 1.165) is 55.6 Å². The zero-order valence-electron chi connectivity index (χ0n) is 23.2. The van der Waals surface area contributed by atoms with Crippen molar-refractivity contribution < 1.29 is 19.1 Å². The standard InChI is InChI=1S/C34H39NO4/c1-5-33(36)38-23-11-9-13-28-18-21-30(22-19-28)35(31-20-17-26(3)27(4)25-31)32-16-8-7-14-29(32)15-10-12-24-39-34(37)6-2/h5-8,14,16-22,25H,1-2,9-13,15,23-24H2,3-4H3. The van der Waals surface area contributed by atoms with Crippen LogP contribution in [0.15, 0.2) is 92.0 Å². The number of ether oxygens (including phenoxy) is 2. The molecular weight excluding hydrogens is 486 g/mol. The van der Waals surface area contributed by atoms with E-state index in [1.54, 1.807) is 0 Å². The van der Waals surface area contributed by atoms with E-state index in [2.05, 4.69) is 98.6 Å². The molecule has 5 heteroatoms. The zero-order chi connectivity index (χ0) is 28.0. The van der Waals surface area contributed by atoms with Gasteiger partial charge in [-0.05, 0) is 105 Å². The van der Waals surface area contributed by atoms with Gasteiger partial charge in [0.25, 0.3) is 0 Å². The lowest BCUT2D eigenvalue weighted by molar-refractivity contribution is -0.138. The maximum Gasteiger partial charge on any atom is 0.330 e. The molecule has 3 aromatic rings. The summed E-state index contributed by atoms with van der Waals surface area (Å²) in [6.45, 7) is 11.9. The third-order valence-corrected chi connectivity index (χ3v) is 6.70. The molecule has 204 valence electrons. The van der Waals surface area contributed by atoms with Crippen LogP contribution in [0.2, 0.25) is 0 Å². The first-order valence-electron chi connectivity index (χ1n) is 13.6. The molecule has 0 aliphatic heterocycles. The lowest BCUT2D eigenvalue weighted by Crippen LogP contribution is -2.13. The van der Waals surface area contributed by atoms with Crippen molar-refractivity contribution in [2.75, 3.05) is 18.1 Å². The molecule has 0 atom stereocenters. The Hall–Kier alpha value is -4.12. The van der Waals surface area contributed by atoms with Crippen molar-refractivity contribution in [3.8, 4) is 0 Å². The lowest BCUT2D eigenvalue weighted by Gasteiger charge is -2.28. The molecule has 39 heavy (non-hydrogen) atoms. The summed E-state index contributed by atoms with van der Waals surface area (Å²) in [4.78, 5) is 24.9. The molecule has 0 unspecified atom stereocenters. The number of unbranched alkanes of at least 4 members (excludes halogenated alkanes) is 2. The van der Waals surface area contributed by atoms with Crippen molar-refractivity contribution in [3.05, 3.63) is 114 Å². The van der Waals surface area contributed by atoms with Crippen LogP contribution in [0.3, 0.4) is 0 Å². The van der Waals surface area contributed by atoms with Gasteiger partial charge in [-0.25, -0.2) is 9.59 Å². The lowest BCUT2D eigenvalue weighted by atomic mass is 10.0. The number of anilines is 3. The minimum absolute atomic E-state index is 0.373. The number of carbonyl (C=O) groups is 2. The Bertz CT molecular complexity index is 1260. The molecule has 0 radical (unpaired) electrons. The van der Waals surface area contributed by atoms with Gasteiger partial charge >= 0.3 is 11.9 Å². The topological polar surface area (TPSA) is 55.8 Å². The van der Waals surface area contributed by atoms with Gasteiger partial charge in [-0.1, -0.05) is 49.6 Å². The van der Waals surface area contributed by atoms with Crippen LogP contribution in [0.25, 0.3) is 0 Å². The van der Waals surface area contributed by atoms with Crippen molar-refractivity contribution in [3.63, 3.8) is 0 Å². The summed E-state index contributed by atoms with van der Waals surface area (Å²) < 4.78 is 10.2. The Morgan fingerprint density at radius 1 is 0.718 bits per heavy atom. The second-order valence-corrected chi connectivity index (χ2v) is 9.56. The Kier molecular flexibility index (Phi) is 11.6. The van der Waals surface area contributed by atoms with Crippen LogP contribution in [-0.4, -0.2) is 25.2 Å². The highest BCUT2D eigenvalue weighted by Crippen LogP contribution is 2.38. The van der Waals surface area contributed by atoms with Gasteiger partial charge in [0.2, 0.25) is 0 Å². The van der Waals surface area contributed by atoms with Crippen LogP contribution in [0.1, 0.15) is 47.9 Å². The smallest absolute Gasteiger partial charge is 0.330 e. The third-order valence-electron chi connectivity index (χ3n) is 6.70. The van der Waals surface area contributed by atoms with Gasteiger partial charge in [0.1, 0.15) is 0 Å². The summed E-state index contributed by atoms with van der Waals surface area (Å²) in [6, 6.07) is 23.8. The Morgan fingerprint density at radius 2 is 1.31 bits per heavy atom. The summed E-state index contributed by atoms with van der Waals surface area (Å²) in [7, 11) is 0. The largest absolute Gasteiger partial charge is 0.463 e. The van der Waals surface area contributed by atoms with Crippen LogP contribution in [0.5, 0.6) is 0 Å². The van der Waals surface area contributed by atoms with E-state index < -0.39 is 0 Å². The molecule has 0 N–H and O–H groups in total. The van der Waals surface area contributed by atoms with Crippen molar-refractivity contribution in [1.82, 2.24) is 0 Å². The van der Waals surface area contributed by atoms with Gasteiger partial charge < -0.3 is 14.4 Å². The van der Waals surface area contributed by atoms with E-state index in [4.69, 9.17) is 9.47 Å². The Labute approximate surface area is 232 Å². The van der Waals surface area contributed by atoms with E-state index in [0.29, 0.717) is 13.2 Å². The summed E-state index contributed by atoms with van der Waals surface area (Å²) in [5, 5.41) is 0. The van der Waals surface area contributed by atoms with Gasteiger partial charge in [-0.3, -0.25) is 0 Å². The highest BCUT2D eigenvalue weighted by molar-refractivity contribution is 5.81. The summed E-state index contributed by atoms with van der Waals surface area (Å²) in [6.07, 6.45) is 7.64. The first-order chi connectivity index (χ1) is 18.9. The number of rotatable bonds is 15. The van der Waals surface area contributed by atoms with E-state index in [1.165, 1.54) is 34.4 Å². The van der Waals surface area contributed by atoms with Crippen LogP contribution >= 0.6 is 0 Å². The van der Waals surface area contributed by atoms with Gasteiger partial charge in [0.15, 0.2) is 0 Å². The summed E-state index contributed by atoms with van der Waals surface area (Å²) in [5.74, 6) is -0.752. The SMILES string of the molecule is C=CC(=O)OCCCCc1ccc(N(c2ccc(C)c(C)c2)c2ccccc2CCCCOC(=O)C=C)cc1. The van der Waals surface area contributed by atoms with E-state index in [-0.39, 0.29) is 11.9 Å². The van der Waals surface area contributed by atoms with E-state index in [9.17, 15) is 9.59 Å². The number of esters is 2. The Morgan fingerprint density at radius 3 is 1.92 bits per heavy atom. The zero-order valence-corrected chi connectivity index (χ0v) is 23.2. The minimum atomic E-state index is -0.379. The number of hydrogen-bond donors (Lipinski definition) is 0. The molecule has 3 rings (SSSR count). The maximum absolute atomic E-state index is 11.3. The second-order valence-electron chi connectivity index (χ2n) is 9.56. The van der Waals surface area contributed by atoms with E-state index >= 15 is 0 Å². The molecular formula is C34H39NO4. The van der Waals surface area contributed by atoms with Crippen molar-refractivity contribution in [2.24, 2.45) is 0 Å². The van der Waals surface area contributed by atoms with Crippen LogP contribution in [0, 0.1) is 13.8 Å². The molecule has 0 heterocycles. The minimum Gasteiger partial charge on any atom is -0.463 e. The van der Waals surface area contributed by atoms with Crippen molar-refractivity contribution >= 4 is 29.0 Å². The van der Waals surface area contributed by atoms with Crippen LogP contribution < -0.4 is 4.90 Å². The average Bonchev–Trinajstić information content (AvgIpc) is 2.95. The molecule has 0 aliphatic rings. The maximum atomic E-state index is 11.3. The predicted molar refractivity (Wildman–Crippen MR) is 159 cm³/mol. The monoisotopic (exact) mass is 525 g/mol. The van der Waals surface area contributed by atoms with Crippen molar-refractivity contribution in [1.29, 1.82) is 0 Å². The summed E-state index contributed by atoms with van der Waals surface area (Å²) >= 11 is 0. The molecule has 0 fully saturated rings. The molecule has 3 aromatic carbocycles. The molecule has 0 spiro atoms. The van der Waals surface area contributed by atoms with Crippen LogP contribution in [0.4, 0.5) is 17.1 Å². The third kappa shape index (κ3) is 8.99. The Balaban J connectivity index is 1.78. The highest BCUT2D eigenvalue weighted by Gasteiger charge is 2.16. The number of aryl methyl sites for hydroxylation is 4. The van der Waals surface area contributed by atoms with Crippen LogP contribution in [-0.2, 0) is 31.9 Å². The normalized spacial score (nSPS) is 10.5. The van der Waals surface area contributed by atoms with Gasteiger partial charge in [-0.2, -0.15) is 0 Å². The average molecular weight is 526 g/mol. The highest BCUT2D eigenvalue weighted by atomic mass is 16.5. The fourth-order valence-electron chi connectivity index (χ4n) is 4.36. The number of hydrogen-bond acceptors (Lipinski definition) is 5. The molecule has 0 saturated carbocycles. The number of para-hydroxylation sites is 1.